The predicted octanol–water partition coefficient (Wildman–Crippen LogP) is 2.60. The van der Waals surface area contributed by atoms with Crippen LogP contribution in [0.3, 0.4) is 0 Å². The molecule has 1 aliphatic heterocycles. The van der Waals surface area contributed by atoms with Gasteiger partial charge in [-0.3, -0.25) is 9.97 Å². The molecule has 1 fully saturated rings. The molecule has 0 aliphatic carbocycles. The number of pyridine rings is 2. The van der Waals surface area contributed by atoms with Gasteiger partial charge in [0.05, 0.1) is 10.9 Å². The molecule has 0 amide bonds. The second-order valence-electron chi connectivity index (χ2n) is 6.28. The zero-order valence-corrected chi connectivity index (χ0v) is 15.7. The van der Waals surface area contributed by atoms with Crippen LogP contribution in [0.4, 0.5) is 5.13 Å². The maximum Gasteiger partial charge on any atom is 0.244 e. The monoisotopic (exact) mass is 389 g/mol. The summed E-state index contributed by atoms with van der Waals surface area (Å²) in [5.41, 5.74) is 0.900. The van der Waals surface area contributed by atoms with Gasteiger partial charge in [-0.1, -0.05) is 11.3 Å². The van der Waals surface area contributed by atoms with E-state index in [1.807, 2.05) is 6.07 Å². The highest BCUT2D eigenvalue weighted by Gasteiger charge is 2.29. The first-order valence-electron chi connectivity index (χ1n) is 8.47. The summed E-state index contributed by atoms with van der Waals surface area (Å²) < 4.78 is 27.9. The number of fused-ring (bicyclic) bond motifs is 1. The maximum absolute atomic E-state index is 12.6. The molecular formula is C17H19N5O2S2. The molecular weight excluding hydrogens is 370 g/mol. The second-order valence-corrected chi connectivity index (χ2v) is 9.25. The van der Waals surface area contributed by atoms with Gasteiger partial charge in [0.2, 0.25) is 10.0 Å². The van der Waals surface area contributed by atoms with Crippen LogP contribution < -0.4 is 5.32 Å². The molecule has 0 radical (unpaired) electrons. The van der Waals surface area contributed by atoms with Crippen LogP contribution in [0.25, 0.3) is 10.2 Å². The zero-order valence-electron chi connectivity index (χ0n) is 14.1. The van der Waals surface area contributed by atoms with E-state index in [9.17, 15) is 8.42 Å². The third-order valence-corrected chi connectivity index (χ3v) is 7.45. The highest BCUT2D eigenvalue weighted by atomic mass is 32.2. The van der Waals surface area contributed by atoms with Gasteiger partial charge < -0.3 is 5.32 Å². The SMILES string of the molecule is O=S(=O)(c1cccnc1)N1CCC(CNc2nc3cnccc3s2)CC1. The number of anilines is 1. The Bertz CT molecular complexity index is 950. The summed E-state index contributed by atoms with van der Waals surface area (Å²) in [6.45, 7) is 1.87. The van der Waals surface area contributed by atoms with Crippen LogP contribution in [0.5, 0.6) is 0 Å². The first kappa shape index (κ1) is 17.3. The first-order valence-corrected chi connectivity index (χ1v) is 10.7. The molecule has 3 aromatic heterocycles. The van der Waals surface area contributed by atoms with E-state index in [0.29, 0.717) is 19.0 Å². The van der Waals surface area contributed by atoms with E-state index >= 15 is 0 Å². The van der Waals surface area contributed by atoms with E-state index in [4.69, 9.17) is 0 Å². The molecule has 1 aliphatic rings. The Hall–Kier alpha value is -2.10. The maximum atomic E-state index is 12.6. The third-order valence-electron chi connectivity index (χ3n) is 4.58. The van der Waals surface area contributed by atoms with Crippen molar-refractivity contribution in [3.05, 3.63) is 43.0 Å². The second kappa shape index (κ2) is 7.26. The molecule has 1 N–H and O–H groups in total. The number of sulfonamides is 1. The largest absolute Gasteiger partial charge is 0.361 e. The van der Waals surface area contributed by atoms with Crippen molar-refractivity contribution < 1.29 is 8.42 Å². The van der Waals surface area contributed by atoms with Gasteiger partial charge in [0.15, 0.2) is 5.13 Å². The molecule has 0 unspecified atom stereocenters. The molecule has 0 aromatic carbocycles. The molecule has 0 atom stereocenters. The highest BCUT2D eigenvalue weighted by molar-refractivity contribution is 7.89. The summed E-state index contributed by atoms with van der Waals surface area (Å²) >= 11 is 1.61. The third kappa shape index (κ3) is 3.55. The molecule has 4 heterocycles. The number of aromatic nitrogens is 3. The molecule has 136 valence electrons. The molecule has 7 nitrogen and oxygen atoms in total. The Morgan fingerprint density at radius 1 is 1.15 bits per heavy atom. The molecule has 26 heavy (non-hydrogen) atoms. The Labute approximate surface area is 156 Å². The minimum Gasteiger partial charge on any atom is -0.361 e. The van der Waals surface area contributed by atoms with Gasteiger partial charge in [0.25, 0.3) is 0 Å². The average molecular weight is 390 g/mol. The summed E-state index contributed by atoms with van der Waals surface area (Å²) in [5.74, 6) is 0.431. The Kier molecular flexibility index (Phi) is 4.84. The average Bonchev–Trinajstić information content (AvgIpc) is 3.10. The topological polar surface area (TPSA) is 88.1 Å². The molecule has 1 saturated heterocycles. The summed E-state index contributed by atoms with van der Waals surface area (Å²) in [7, 11) is -3.44. The van der Waals surface area contributed by atoms with Crippen LogP contribution >= 0.6 is 11.3 Å². The lowest BCUT2D eigenvalue weighted by atomic mass is 9.98. The van der Waals surface area contributed by atoms with Gasteiger partial charge in [0.1, 0.15) is 10.4 Å². The van der Waals surface area contributed by atoms with Crippen molar-refractivity contribution >= 4 is 36.7 Å². The van der Waals surface area contributed by atoms with Crippen LogP contribution in [0.1, 0.15) is 12.8 Å². The normalized spacial score (nSPS) is 16.8. The van der Waals surface area contributed by atoms with Crippen molar-refractivity contribution in [1.82, 2.24) is 19.3 Å². The summed E-state index contributed by atoms with van der Waals surface area (Å²) in [5, 5.41) is 4.28. The lowest BCUT2D eigenvalue weighted by molar-refractivity contribution is 0.282. The van der Waals surface area contributed by atoms with Crippen molar-refractivity contribution in [3.63, 3.8) is 0 Å². The van der Waals surface area contributed by atoms with Crippen LogP contribution in [0, 0.1) is 5.92 Å². The van der Waals surface area contributed by atoms with Gasteiger partial charge in [0, 0.05) is 38.2 Å². The summed E-state index contributed by atoms with van der Waals surface area (Å²) in [4.78, 5) is 12.8. The number of nitrogens with one attached hydrogen (secondary N) is 1. The van der Waals surface area contributed by atoms with E-state index < -0.39 is 10.0 Å². The van der Waals surface area contributed by atoms with Crippen molar-refractivity contribution in [2.24, 2.45) is 5.92 Å². The number of thiazole rings is 1. The van der Waals surface area contributed by atoms with Gasteiger partial charge in [-0.05, 0) is 37.0 Å². The molecule has 0 bridgehead atoms. The zero-order chi connectivity index (χ0) is 18.0. The van der Waals surface area contributed by atoms with Gasteiger partial charge in [-0.2, -0.15) is 4.31 Å². The number of rotatable bonds is 5. The molecule has 4 rings (SSSR count). The van der Waals surface area contributed by atoms with Crippen LogP contribution in [0.15, 0.2) is 47.9 Å². The number of hydrogen-bond donors (Lipinski definition) is 1. The van der Waals surface area contributed by atoms with Crippen molar-refractivity contribution in [3.8, 4) is 0 Å². The predicted molar refractivity (Wildman–Crippen MR) is 102 cm³/mol. The Morgan fingerprint density at radius 3 is 2.69 bits per heavy atom. The van der Waals surface area contributed by atoms with Crippen molar-refractivity contribution in [1.29, 1.82) is 0 Å². The minimum absolute atomic E-state index is 0.264. The molecule has 0 spiro atoms. The lowest BCUT2D eigenvalue weighted by Gasteiger charge is -2.31. The summed E-state index contributed by atoms with van der Waals surface area (Å²) in [6.07, 6.45) is 8.18. The van der Waals surface area contributed by atoms with Crippen molar-refractivity contribution in [2.45, 2.75) is 17.7 Å². The van der Waals surface area contributed by atoms with Crippen LogP contribution in [-0.2, 0) is 10.0 Å². The van der Waals surface area contributed by atoms with Gasteiger partial charge in [-0.15, -0.1) is 0 Å². The van der Waals surface area contributed by atoms with Crippen LogP contribution in [0.2, 0.25) is 0 Å². The van der Waals surface area contributed by atoms with Gasteiger partial charge in [-0.25, -0.2) is 13.4 Å². The minimum atomic E-state index is -3.44. The smallest absolute Gasteiger partial charge is 0.244 e. The van der Waals surface area contributed by atoms with Gasteiger partial charge >= 0.3 is 0 Å². The van der Waals surface area contributed by atoms with Crippen LogP contribution in [-0.4, -0.2) is 47.3 Å². The Balaban J connectivity index is 1.33. The Morgan fingerprint density at radius 2 is 1.96 bits per heavy atom. The summed E-state index contributed by atoms with van der Waals surface area (Å²) in [6, 6.07) is 5.20. The standard InChI is InChI=1S/C17H19N5O2S2/c23-26(24,14-2-1-6-18-11-14)22-8-4-13(5-9-22)10-20-17-21-15-12-19-7-3-16(15)25-17/h1-3,6-7,11-13H,4-5,8-10H2,(H,20,21). The number of hydrogen-bond acceptors (Lipinski definition) is 7. The number of nitrogens with zero attached hydrogens (tertiary/aromatic N) is 4. The van der Waals surface area contributed by atoms with E-state index in [1.165, 1.54) is 6.20 Å². The van der Waals surface area contributed by atoms with E-state index in [1.54, 1.807) is 46.4 Å². The quantitative estimate of drug-likeness (QED) is 0.722. The highest BCUT2D eigenvalue weighted by Crippen LogP contribution is 2.27. The van der Waals surface area contributed by atoms with Crippen molar-refractivity contribution in [2.75, 3.05) is 25.0 Å². The molecule has 0 saturated carbocycles. The fraction of sp³-hybridized carbons (Fsp3) is 0.353. The van der Waals surface area contributed by atoms with E-state index in [-0.39, 0.29) is 4.90 Å². The molecule has 3 aromatic rings. The van der Waals surface area contributed by atoms with E-state index in [0.717, 1.165) is 34.7 Å². The molecule has 9 heteroatoms. The lowest BCUT2D eigenvalue weighted by Crippen LogP contribution is -2.39. The van der Waals surface area contributed by atoms with E-state index in [2.05, 4.69) is 20.3 Å². The number of piperidine rings is 1. The first-order chi connectivity index (χ1) is 12.6. The fourth-order valence-electron chi connectivity index (χ4n) is 3.09. The fourth-order valence-corrected chi connectivity index (χ4v) is 5.36.